The van der Waals surface area contributed by atoms with Gasteiger partial charge in [-0.25, -0.2) is 8.78 Å². The van der Waals surface area contributed by atoms with Crippen molar-refractivity contribution in [1.29, 1.82) is 0 Å². The number of amides is 1. The van der Waals surface area contributed by atoms with Crippen LogP contribution in [0.3, 0.4) is 0 Å². The number of ether oxygens (including phenoxy) is 1. The molecular formula is C22H30F2N3O2-. The van der Waals surface area contributed by atoms with Crippen molar-refractivity contribution in [3.05, 3.63) is 63.7 Å². The van der Waals surface area contributed by atoms with Gasteiger partial charge in [0, 0.05) is 17.5 Å². The van der Waals surface area contributed by atoms with Gasteiger partial charge in [0.2, 0.25) is 5.91 Å². The average Bonchev–Trinajstić information content (AvgIpc) is 2.59. The minimum atomic E-state index is -2.45. The van der Waals surface area contributed by atoms with E-state index in [1.54, 1.807) is 18.3 Å². The third kappa shape index (κ3) is 9.47. The molecule has 0 aliphatic heterocycles. The first-order chi connectivity index (χ1) is 13.4. The number of hydrogen-bond donors (Lipinski definition) is 1. The maximum absolute atomic E-state index is 12.2. The quantitative estimate of drug-likeness (QED) is 0.724. The molecule has 1 heterocycles. The molecule has 160 valence electrons. The van der Waals surface area contributed by atoms with Crippen LogP contribution in [0.15, 0.2) is 30.5 Å². The first-order valence-corrected chi connectivity index (χ1v) is 9.31. The highest BCUT2D eigenvalue weighted by Gasteiger charge is 2.09. The Balaban J connectivity index is 0.000000352. The normalized spacial score (nSPS) is 11.1. The number of aromatic nitrogens is 1. The first-order valence-electron chi connectivity index (χ1n) is 9.31. The molecule has 0 aliphatic carbocycles. The molecule has 7 heteroatoms. The second-order valence-electron chi connectivity index (χ2n) is 7.80. The van der Waals surface area contributed by atoms with Gasteiger partial charge in [-0.3, -0.25) is 9.78 Å². The number of carbonyl (C=O) groups excluding carboxylic acids is 1. The van der Waals surface area contributed by atoms with Gasteiger partial charge in [0.05, 0.1) is 0 Å². The lowest BCUT2D eigenvalue weighted by Crippen LogP contribution is -2.13. The van der Waals surface area contributed by atoms with Crippen LogP contribution in [0.5, 0.6) is 5.75 Å². The monoisotopic (exact) mass is 406 g/mol. The fourth-order valence-corrected chi connectivity index (χ4v) is 2.53. The van der Waals surface area contributed by atoms with Gasteiger partial charge < -0.3 is 15.8 Å². The van der Waals surface area contributed by atoms with Crippen LogP contribution < -0.4 is 10.5 Å². The average molecular weight is 406 g/mol. The molecule has 2 N–H and O–H groups in total. The van der Waals surface area contributed by atoms with Crippen LogP contribution >= 0.6 is 0 Å². The van der Waals surface area contributed by atoms with E-state index in [1.807, 2.05) is 53.7 Å². The van der Waals surface area contributed by atoms with E-state index in [-0.39, 0.29) is 5.54 Å². The van der Waals surface area contributed by atoms with Crippen LogP contribution in [0.2, 0.25) is 0 Å². The second kappa shape index (κ2) is 10.9. The van der Waals surface area contributed by atoms with Crippen molar-refractivity contribution in [2.45, 2.75) is 60.1 Å². The van der Waals surface area contributed by atoms with Crippen LogP contribution in [-0.2, 0) is 6.54 Å². The molecule has 2 aromatic rings. The molecule has 5 nitrogen and oxygen atoms in total. The topological polar surface area (TPSA) is 79.3 Å². The number of carbonyl (C=O) groups is 1. The van der Waals surface area contributed by atoms with Crippen molar-refractivity contribution in [2.75, 3.05) is 6.61 Å². The summed E-state index contributed by atoms with van der Waals surface area (Å²) in [6, 6.07) is 7.14. The number of primary amides is 1. The zero-order valence-corrected chi connectivity index (χ0v) is 17.9. The van der Waals surface area contributed by atoms with Crippen LogP contribution in [0, 0.1) is 20.8 Å². The lowest BCUT2D eigenvalue weighted by Gasteiger charge is -2.36. The smallest absolute Gasteiger partial charge is 0.272 e. The minimum Gasteiger partial charge on any atom is -0.654 e. The SMILES string of the molecule is Cc1cc(C(N)=O)ccn1.Cc1cc(C[N-]C(C)(C)C)cc(C)c1OCC(F)F. The van der Waals surface area contributed by atoms with E-state index in [2.05, 4.69) is 10.3 Å². The molecule has 0 spiro atoms. The van der Waals surface area contributed by atoms with Gasteiger partial charge in [-0.2, -0.15) is 0 Å². The summed E-state index contributed by atoms with van der Waals surface area (Å²) in [5.41, 5.74) is 9.08. The molecule has 1 aromatic carbocycles. The predicted molar refractivity (Wildman–Crippen MR) is 112 cm³/mol. The van der Waals surface area contributed by atoms with Gasteiger partial charge in [-0.1, -0.05) is 38.5 Å². The predicted octanol–water partition coefficient (Wildman–Crippen LogP) is 5.11. The van der Waals surface area contributed by atoms with Crippen LogP contribution in [0.25, 0.3) is 5.32 Å². The Bertz CT molecular complexity index is 795. The number of nitrogens with two attached hydrogens (primary N) is 1. The molecule has 1 amide bonds. The Morgan fingerprint density at radius 3 is 2.17 bits per heavy atom. The maximum Gasteiger partial charge on any atom is 0.272 e. The summed E-state index contributed by atoms with van der Waals surface area (Å²) in [6.45, 7) is 11.8. The molecule has 0 fully saturated rings. The number of hydrogen-bond acceptors (Lipinski definition) is 3. The number of pyridine rings is 1. The zero-order valence-electron chi connectivity index (χ0n) is 17.9. The van der Waals surface area contributed by atoms with Crippen molar-refractivity contribution < 1.29 is 18.3 Å². The molecule has 0 saturated carbocycles. The number of nitrogens with zero attached hydrogens (tertiary/aromatic N) is 2. The zero-order chi connectivity index (χ0) is 22.2. The molecule has 0 aliphatic rings. The van der Waals surface area contributed by atoms with E-state index < -0.39 is 18.9 Å². The Hall–Kier alpha value is -2.54. The van der Waals surface area contributed by atoms with Gasteiger partial charge >= 0.3 is 0 Å². The summed E-state index contributed by atoms with van der Waals surface area (Å²) in [5.74, 6) is 0.144. The van der Waals surface area contributed by atoms with E-state index in [0.717, 1.165) is 22.4 Å². The molecule has 29 heavy (non-hydrogen) atoms. The second-order valence-corrected chi connectivity index (χ2v) is 7.80. The lowest BCUT2D eigenvalue weighted by atomic mass is 10.0. The maximum atomic E-state index is 12.2. The first kappa shape index (κ1) is 24.5. The van der Waals surface area contributed by atoms with E-state index in [1.165, 1.54) is 0 Å². The minimum absolute atomic E-state index is 0.0767. The van der Waals surface area contributed by atoms with Crippen molar-refractivity contribution >= 4 is 5.91 Å². The molecule has 0 atom stereocenters. The van der Waals surface area contributed by atoms with Crippen LogP contribution in [-0.4, -0.2) is 29.5 Å². The van der Waals surface area contributed by atoms with Crippen LogP contribution in [0.4, 0.5) is 8.78 Å². The van der Waals surface area contributed by atoms with Gasteiger partial charge in [0.25, 0.3) is 6.43 Å². The fraction of sp³-hybridized carbons (Fsp3) is 0.455. The number of rotatable bonds is 6. The number of halogens is 2. The third-order valence-corrected chi connectivity index (χ3v) is 3.79. The Morgan fingerprint density at radius 1 is 1.17 bits per heavy atom. The third-order valence-electron chi connectivity index (χ3n) is 3.79. The summed E-state index contributed by atoms with van der Waals surface area (Å²) < 4.78 is 29.5. The lowest BCUT2D eigenvalue weighted by molar-refractivity contribution is 0.0812. The molecule has 0 bridgehead atoms. The summed E-state index contributed by atoms with van der Waals surface area (Å²) >= 11 is 0. The molecule has 0 saturated heterocycles. The van der Waals surface area contributed by atoms with Gasteiger partial charge in [0.15, 0.2) is 0 Å². The van der Waals surface area contributed by atoms with Crippen LogP contribution in [0.1, 0.15) is 53.5 Å². The summed E-state index contributed by atoms with van der Waals surface area (Å²) in [5, 5.41) is 4.55. The number of alkyl halides is 2. The fourth-order valence-electron chi connectivity index (χ4n) is 2.53. The number of benzene rings is 1. The molecule has 0 unspecified atom stereocenters. The van der Waals surface area contributed by atoms with E-state index >= 15 is 0 Å². The van der Waals surface area contributed by atoms with E-state index in [0.29, 0.717) is 17.9 Å². The summed E-state index contributed by atoms with van der Waals surface area (Å²) in [4.78, 5) is 14.5. The standard InChI is InChI=1S/C15H22F2NO.C7H8N2O/c1-10-6-12(8-18-15(3,4)5)7-11(2)14(10)19-9-13(16)17;1-5-4-6(7(8)10)2-3-9-5/h6-7,13H,8-9H2,1-5H3;2-4H,1H3,(H2,8,10)/q-1;. The molecule has 2 rings (SSSR count). The van der Waals surface area contributed by atoms with Gasteiger partial charge in [-0.05, 0) is 44.0 Å². The van der Waals surface area contributed by atoms with Crippen molar-refractivity contribution in [2.24, 2.45) is 5.73 Å². The Kier molecular flexibility index (Phi) is 9.17. The Morgan fingerprint density at radius 2 is 1.76 bits per heavy atom. The largest absolute Gasteiger partial charge is 0.654 e. The van der Waals surface area contributed by atoms with Crippen molar-refractivity contribution in [3.8, 4) is 5.75 Å². The van der Waals surface area contributed by atoms with E-state index in [9.17, 15) is 13.6 Å². The van der Waals surface area contributed by atoms with Gasteiger partial charge in [-0.15, -0.1) is 12.1 Å². The summed E-state index contributed by atoms with van der Waals surface area (Å²) in [6.07, 6.45) is -0.885. The molecule has 0 radical (unpaired) electrons. The number of aryl methyl sites for hydroxylation is 3. The van der Waals surface area contributed by atoms with E-state index in [4.69, 9.17) is 10.5 Å². The summed E-state index contributed by atoms with van der Waals surface area (Å²) in [7, 11) is 0. The molecule has 1 aromatic heterocycles. The van der Waals surface area contributed by atoms with Gasteiger partial charge in [0.1, 0.15) is 12.4 Å². The highest BCUT2D eigenvalue weighted by atomic mass is 19.3. The molecular weight excluding hydrogens is 376 g/mol. The van der Waals surface area contributed by atoms with Crippen molar-refractivity contribution in [3.63, 3.8) is 0 Å². The highest BCUT2D eigenvalue weighted by Crippen LogP contribution is 2.27. The highest BCUT2D eigenvalue weighted by molar-refractivity contribution is 5.92. The Labute approximate surface area is 171 Å². The van der Waals surface area contributed by atoms with Crippen molar-refractivity contribution in [1.82, 2.24) is 4.98 Å².